The number of piperidine rings is 1. The number of ether oxygens (including phenoxy) is 1. The number of benzene rings is 1. The summed E-state index contributed by atoms with van der Waals surface area (Å²) in [7, 11) is 0. The van der Waals surface area contributed by atoms with Gasteiger partial charge in [0.15, 0.2) is 12.3 Å². The Hall–Kier alpha value is -2.41. The minimum atomic E-state index is -0.336. The smallest absolute Gasteiger partial charge is 0.275 e. The van der Waals surface area contributed by atoms with Crippen molar-refractivity contribution in [2.75, 3.05) is 13.1 Å². The number of nitrogens with zero attached hydrogens (tertiary/aromatic N) is 2. The van der Waals surface area contributed by atoms with Crippen molar-refractivity contribution in [3.63, 3.8) is 0 Å². The maximum absolute atomic E-state index is 12.9. The van der Waals surface area contributed by atoms with Crippen molar-refractivity contribution in [1.29, 1.82) is 0 Å². The highest BCUT2D eigenvalue weighted by Gasteiger charge is 2.28. The maximum atomic E-state index is 12.9. The normalized spacial score (nSPS) is 16.5. The molecular formula is C19H23FN2O4. The van der Waals surface area contributed by atoms with Gasteiger partial charge in [0.05, 0.1) is 6.10 Å². The van der Waals surface area contributed by atoms with Gasteiger partial charge in [-0.1, -0.05) is 6.92 Å². The Morgan fingerprint density at radius 2 is 2.08 bits per heavy atom. The highest BCUT2D eigenvalue weighted by atomic mass is 19.1. The van der Waals surface area contributed by atoms with Crippen LogP contribution in [0.1, 0.15) is 42.6 Å². The highest BCUT2D eigenvalue weighted by molar-refractivity contribution is 5.92. The van der Waals surface area contributed by atoms with Gasteiger partial charge >= 0.3 is 0 Å². The molecule has 1 aromatic carbocycles. The van der Waals surface area contributed by atoms with E-state index < -0.39 is 0 Å². The zero-order valence-corrected chi connectivity index (χ0v) is 14.7. The minimum Gasteiger partial charge on any atom is -0.484 e. The zero-order valence-electron chi connectivity index (χ0n) is 14.7. The molecule has 0 bridgehead atoms. The molecule has 1 atom stereocenters. The standard InChI is InChI=1S/C19H23FN2O4/c1-2-17(23)13-7-9-22(10-8-13)19(24)16-11-26-18(21-16)12-25-15-5-3-14(20)4-6-15/h3-6,11,13,17,23H,2,7-10,12H2,1H3/t17-/m1/s1. The highest BCUT2D eigenvalue weighted by Crippen LogP contribution is 2.23. The van der Waals surface area contributed by atoms with Gasteiger partial charge in [-0.2, -0.15) is 0 Å². The monoisotopic (exact) mass is 362 g/mol. The summed E-state index contributed by atoms with van der Waals surface area (Å²) in [6, 6.07) is 5.64. The third-order valence-electron chi connectivity index (χ3n) is 4.74. The molecule has 1 saturated heterocycles. The van der Waals surface area contributed by atoms with Crippen LogP contribution in [0.3, 0.4) is 0 Å². The Bertz CT molecular complexity index is 723. The predicted octanol–water partition coefficient (Wildman–Crippen LogP) is 3.02. The summed E-state index contributed by atoms with van der Waals surface area (Å²) in [5.74, 6) is 0.520. The van der Waals surface area contributed by atoms with Crippen LogP contribution in [0.4, 0.5) is 4.39 Å². The molecule has 0 aliphatic carbocycles. The third kappa shape index (κ3) is 4.40. The predicted molar refractivity (Wildman–Crippen MR) is 92.2 cm³/mol. The molecule has 6 nitrogen and oxygen atoms in total. The number of aromatic nitrogens is 1. The number of rotatable bonds is 6. The molecule has 1 aliphatic rings. The van der Waals surface area contributed by atoms with Gasteiger partial charge in [-0.05, 0) is 49.4 Å². The third-order valence-corrected chi connectivity index (χ3v) is 4.74. The lowest BCUT2D eigenvalue weighted by Gasteiger charge is -2.33. The van der Waals surface area contributed by atoms with E-state index in [1.54, 1.807) is 4.90 Å². The number of carbonyl (C=O) groups is 1. The lowest BCUT2D eigenvalue weighted by molar-refractivity contribution is 0.0450. The number of aliphatic hydroxyl groups excluding tert-OH is 1. The molecular weight excluding hydrogens is 339 g/mol. The largest absolute Gasteiger partial charge is 0.484 e. The Morgan fingerprint density at radius 3 is 2.73 bits per heavy atom. The van der Waals surface area contributed by atoms with E-state index in [4.69, 9.17) is 9.15 Å². The van der Waals surface area contributed by atoms with Gasteiger partial charge in [0.2, 0.25) is 5.89 Å². The van der Waals surface area contributed by atoms with Crippen molar-refractivity contribution in [2.24, 2.45) is 5.92 Å². The molecule has 1 N–H and O–H groups in total. The van der Waals surface area contributed by atoms with E-state index in [1.165, 1.54) is 30.5 Å². The molecule has 0 spiro atoms. The zero-order chi connectivity index (χ0) is 18.5. The first-order chi connectivity index (χ1) is 12.6. The lowest BCUT2D eigenvalue weighted by atomic mass is 9.90. The molecule has 2 heterocycles. The summed E-state index contributed by atoms with van der Waals surface area (Å²) in [5, 5.41) is 9.93. The van der Waals surface area contributed by atoms with Crippen LogP contribution in [-0.4, -0.2) is 40.1 Å². The molecule has 7 heteroatoms. The fraction of sp³-hybridized carbons (Fsp3) is 0.474. The number of hydrogen-bond acceptors (Lipinski definition) is 5. The summed E-state index contributed by atoms with van der Waals surface area (Å²) in [6.07, 6.45) is 3.35. The second-order valence-corrected chi connectivity index (χ2v) is 6.47. The van der Waals surface area contributed by atoms with Gasteiger partial charge in [-0.25, -0.2) is 9.37 Å². The first kappa shape index (κ1) is 18.4. The van der Waals surface area contributed by atoms with Crippen molar-refractivity contribution >= 4 is 5.91 Å². The topological polar surface area (TPSA) is 75.8 Å². The fourth-order valence-electron chi connectivity index (χ4n) is 3.13. The van der Waals surface area contributed by atoms with Crippen LogP contribution in [0.5, 0.6) is 5.75 Å². The Morgan fingerprint density at radius 1 is 1.38 bits per heavy atom. The van der Waals surface area contributed by atoms with Crippen LogP contribution in [0.2, 0.25) is 0 Å². The second kappa shape index (κ2) is 8.31. The first-order valence-corrected chi connectivity index (χ1v) is 8.87. The summed E-state index contributed by atoms with van der Waals surface area (Å²) in [4.78, 5) is 18.4. The molecule has 0 radical (unpaired) electrons. The van der Waals surface area contributed by atoms with Crippen LogP contribution in [-0.2, 0) is 6.61 Å². The number of likely N-dealkylation sites (tertiary alicyclic amines) is 1. The summed E-state index contributed by atoms with van der Waals surface area (Å²) >= 11 is 0. The van der Waals surface area contributed by atoms with Crippen LogP contribution in [0, 0.1) is 11.7 Å². The van der Waals surface area contributed by atoms with E-state index in [0.29, 0.717) is 18.8 Å². The van der Waals surface area contributed by atoms with Crippen LogP contribution in [0.15, 0.2) is 34.9 Å². The SMILES string of the molecule is CC[C@@H](O)C1CCN(C(=O)c2coc(COc3ccc(F)cc3)n2)CC1. The Kier molecular flexibility index (Phi) is 5.88. The maximum Gasteiger partial charge on any atom is 0.275 e. The van der Waals surface area contributed by atoms with Gasteiger partial charge in [-0.3, -0.25) is 4.79 Å². The minimum absolute atomic E-state index is 0.0592. The van der Waals surface area contributed by atoms with Crippen molar-refractivity contribution in [3.8, 4) is 5.75 Å². The number of amides is 1. The molecule has 140 valence electrons. The van der Waals surface area contributed by atoms with Gasteiger partial charge in [0.25, 0.3) is 5.91 Å². The molecule has 1 aromatic heterocycles. The molecule has 1 aliphatic heterocycles. The van der Waals surface area contributed by atoms with Crippen LogP contribution < -0.4 is 4.74 Å². The van der Waals surface area contributed by atoms with E-state index in [1.807, 2.05) is 6.92 Å². The number of aliphatic hydroxyl groups is 1. The molecule has 0 saturated carbocycles. The number of halogens is 1. The second-order valence-electron chi connectivity index (χ2n) is 6.47. The molecule has 1 fully saturated rings. The molecule has 1 amide bonds. The Balaban J connectivity index is 1.52. The number of oxazole rings is 1. The summed E-state index contributed by atoms with van der Waals surface area (Å²) in [6.45, 7) is 3.24. The molecule has 3 rings (SSSR count). The van der Waals surface area contributed by atoms with Crippen LogP contribution >= 0.6 is 0 Å². The lowest BCUT2D eigenvalue weighted by Crippen LogP contribution is -2.41. The molecule has 2 aromatic rings. The van der Waals surface area contributed by atoms with E-state index >= 15 is 0 Å². The van der Waals surface area contributed by atoms with Crippen molar-refractivity contribution in [1.82, 2.24) is 9.88 Å². The average molecular weight is 362 g/mol. The fourth-order valence-corrected chi connectivity index (χ4v) is 3.13. The van der Waals surface area contributed by atoms with E-state index in [-0.39, 0.29) is 41.9 Å². The van der Waals surface area contributed by atoms with E-state index in [0.717, 1.165) is 19.3 Å². The molecule has 0 unspecified atom stereocenters. The van der Waals surface area contributed by atoms with E-state index in [2.05, 4.69) is 4.98 Å². The van der Waals surface area contributed by atoms with Crippen molar-refractivity contribution in [3.05, 3.63) is 47.9 Å². The summed E-state index contributed by atoms with van der Waals surface area (Å²) in [5.41, 5.74) is 0.247. The Labute approximate surface area is 151 Å². The number of hydrogen-bond donors (Lipinski definition) is 1. The summed E-state index contributed by atoms with van der Waals surface area (Å²) < 4.78 is 23.6. The first-order valence-electron chi connectivity index (χ1n) is 8.87. The quantitative estimate of drug-likeness (QED) is 0.855. The van der Waals surface area contributed by atoms with Crippen molar-refractivity contribution in [2.45, 2.75) is 38.9 Å². The van der Waals surface area contributed by atoms with Crippen LogP contribution in [0.25, 0.3) is 0 Å². The molecule has 26 heavy (non-hydrogen) atoms. The van der Waals surface area contributed by atoms with Gasteiger partial charge in [0.1, 0.15) is 17.8 Å². The van der Waals surface area contributed by atoms with Crippen molar-refractivity contribution < 1.29 is 23.4 Å². The van der Waals surface area contributed by atoms with Gasteiger partial charge in [-0.15, -0.1) is 0 Å². The van der Waals surface area contributed by atoms with Gasteiger partial charge in [0, 0.05) is 13.1 Å². The van der Waals surface area contributed by atoms with E-state index in [9.17, 15) is 14.3 Å². The van der Waals surface area contributed by atoms with Gasteiger partial charge < -0.3 is 19.2 Å². The number of carbonyl (C=O) groups excluding carboxylic acids is 1. The average Bonchev–Trinajstić information content (AvgIpc) is 3.15.